The van der Waals surface area contributed by atoms with Crippen LogP contribution in [-0.2, 0) is 9.47 Å². The van der Waals surface area contributed by atoms with Crippen LogP contribution in [0.2, 0.25) is 0 Å². The standard InChI is InChI=1S/C26H30FNO4/c1-18(2)22-17-23(30-15-16-32-24-8-4-5-14-31-24)26(29-3)25(21(22)7-6-13-28)19-9-11-20(27)12-10-19/h6-7,9-12,17-18,24H,4-5,8,14-16H2,1-3H3/b7-6+. The summed E-state index contributed by atoms with van der Waals surface area (Å²) < 4.78 is 36.8. The second-order valence-corrected chi connectivity index (χ2v) is 7.93. The van der Waals surface area contributed by atoms with Crippen LogP contribution >= 0.6 is 0 Å². The van der Waals surface area contributed by atoms with Crippen molar-refractivity contribution in [2.75, 3.05) is 26.9 Å². The monoisotopic (exact) mass is 439 g/mol. The van der Waals surface area contributed by atoms with Crippen molar-refractivity contribution in [1.82, 2.24) is 0 Å². The Morgan fingerprint density at radius 3 is 2.62 bits per heavy atom. The third-order valence-electron chi connectivity index (χ3n) is 5.38. The molecule has 0 N–H and O–H groups in total. The van der Waals surface area contributed by atoms with Gasteiger partial charge in [-0.2, -0.15) is 5.26 Å². The Balaban J connectivity index is 1.96. The quantitative estimate of drug-likeness (QED) is 0.350. The molecule has 32 heavy (non-hydrogen) atoms. The van der Waals surface area contributed by atoms with E-state index in [1.54, 1.807) is 25.3 Å². The van der Waals surface area contributed by atoms with E-state index in [4.69, 9.17) is 24.2 Å². The number of nitriles is 1. The molecule has 0 spiro atoms. The first-order chi connectivity index (χ1) is 15.5. The fourth-order valence-corrected chi connectivity index (χ4v) is 3.84. The Kier molecular flexibility index (Phi) is 8.66. The topological polar surface area (TPSA) is 60.7 Å². The smallest absolute Gasteiger partial charge is 0.169 e. The predicted octanol–water partition coefficient (Wildman–Crippen LogP) is 6.08. The van der Waals surface area contributed by atoms with Crippen LogP contribution in [0, 0.1) is 17.1 Å². The highest BCUT2D eigenvalue weighted by Gasteiger charge is 2.22. The highest BCUT2D eigenvalue weighted by molar-refractivity contribution is 5.85. The van der Waals surface area contributed by atoms with Gasteiger partial charge in [-0.1, -0.05) is 26.0 Å². The van der Waals surface area contributed by atoms with Crippen LogP contribution in [0.5, 0.6) is 11.5 Å². The molecule has 5 nitrogen and oxygen atoms in total. The van der Waals surface area contributed by atoms with E-state index in [0.29, 0.717) is 24.7 Å². The molecular formula is C26H30FNO4. The molecule has 0 aromatic heterocycles. The van der Waals surface area contributed by atoms with Gasteiger partial charge in [0.2, 0.25) is 0 Å². The molecule has 1 saturated heterocycles. The van der Waals surface area contributed by atoms with Gasteiger partial charge < -0.3 is 18.9 Å². The molecule has 2 aromatic carbocycles. The first kappa shape index (κ1) is 23.8. The van der Waals surface area contributed by atoms with E-state index in [2.05, 4.69) is 19.9 Å². The molecule has 1 aliphatic rings. The van der Waals surface area contributed by atoms with Gasteiger partial charge >= 0.3 is 0 Å². The van der Waals surface area contributed by atoms with E-state index >= 15 is 0 Å². The number of hydrogen-bond donors (Lipinski definition) is 0. The number of nitrogens with zero attached hydrogens (tertiary/aromatic N) is 1. The number of halogens is 1. The number of benzene rings is 2. The SMILES string of the molecule is COc1c(OCCOC2CCCCO2)cc(C(C)C)c(/C=C/C#N)c1-c1ccc(F)cc1. The number of ether oxygens (including phenoxy) is 4. The molecule has 3 rings (SSSR count). The summed E-state index contributed by atoms with van der Waals surface area (Å²) in [5.41, 5.74) is 3.39. The number of hydrogen-bond acceptors (Lipinski definition) is 5. The summed E-state index contributed by atoms with van der Waals surface area (Å²) in [5, 5.41) is 9.12. The van der Waals surface area contributed by atoms with E-state index in [-0.39, 0.29) is 18.0 Å². The minimum atomic E-state index is -0.319. The van der Waals surface area contributed by atoms with E-state index in [1.165, 1.54) is 18.2 Å². The van der Waals surface area contributed by atoms with Crippen molar-refractivity contribution in [3.05, 3.63) is 53.4 Å². The summed E-state index contributed by atoms with van der Waals surface area (Å²) >= 11 is 0. The second kappa shape index (κ2) is 11.7. The zero-order valence-corrected chi connectivity index (χ0v) is 18.9. The molecule has 1 aliphatic heterocycles. The van der Waals surface area contributed by atoms with Crippen molar-refractivity contribution < 1.29 is 23.3 Å². The maximum absolute atomic E-state index is 13.6. The van der Waals surface area contributed by atoms with Gasteiger partial charge in [0.1, 0.15) is 12.4 Å². The molecule has 1 atom stereocenters. The molecule has 0 bridgehead atoms. The number of methoxy groups -OCH3 is 1. The molecule has 0 saturated carbocycles. The summed E-state index contributed by atoms with van der Waals surface area (Å²) in [4.78, 5) is 0. The number of allylic oxidation sites excluding steroid dienone is 1. The first-order valence-electron chi connectivity index (χ1n) is 11.0. The fourth-order valence-electron chi connectivity index (χ4n) is 3.84. The summed E-state index contributed by atoms with van der Waals surface area (Å²) in [6.45, 7) is 5.62. The Hall–Kier alpha value is -2.88. The van der Waals surface area contributed by atoms with Crippen molar-refractivity contribution >= 4 is 6.08 Å². The summed E-state index contributed by atoms with van der Waals surface area (Å²) in [7, 11) is 1.58. The lowest BCUT2D eigenvalue weighted by atomic mass is 9.88. The van der Waals surface area contributed by atoms with Crippen LogP contribution < -0.4 is 9.47 Å². The molecule has 0 aliphatic carbocycles. The minimum absolute atomic E-state index is 0.160. The summed E-state index contributed by atoms with van der Waals surface area (Å²) in [5.74, 6) is 0.957. The Labute approximate surface area is 189 Å². The average Bonchev–Trinajstić information content (AvgIpc) is 2.81. The molecule has 1 unspecified atom stereocenters. The molecule has 1 heterocycles. The molecule has 1 fully saturated rings. The van der Waals surface area contributed by atoms with Gasteiger partial charge in [0.05, 0.1) is 19.8 Å². The van der Waals surface area contributed by atoms with Crippen LogP contribution in [0.3, 0.4) is 0 Å². The molecule has 0 amide bonds. The van der Waals surface area contributed by atoms with Gasteiger partial charge in [0, 0.05) is 18.2 Å². The van der Waals surface area contributed by atoms with E-state index < -0.39 is 0 Å². The first-order valence-corrected chi connectivity index (χ1v) is 11.0. The lowest BCUT2D eigenvalue weighted by Crippen LogP contribution is -2.24. The highest BCUT2D eigenvalue weighted by Crippen LogP contribution is 2.45. The second-order valence-electron chi connectivity index (χ2n) is 7.93. The van der Waals surface area contributed by atoms with Crippen LogP contribution in [0.1, 0.15) is 50.2 Å². The minimum Gasteiger partial charge on any atom is -0.492 e. The predicted molar refractivity (Wildman–Crippen MR) is 122 cm³/mol. The van der Waals surface area contributed by atoms with Crippen molar-refractivity contribution in [1.29, 1.82) is 5.26 Å². The van der Waals surface area contributed by atoms with Gasteiger partial charge in [-0.25, -0.2) is 4.39 Å². The third-order valence-corrected chi connectivity index (χ3v) is 5.38. The fraction of sp³-hybridized carbons (Fsp3) is 0.423. The zero-order valence-electron chi connectivity index (χ0n) is 18.9. The lowest BCUT2D eigenvalue weighted by Gasteiger charge is -2.24. The Morgan fingerprint density at radius 2 is 2.00 bits per heavy atom. The summed E-state index contributed by atoms with van der Waals surface area (Å²) in [6.07, 6.45) is 6.11. The van der Waals surface area contributed by atoms with Crippen LogP contribution in [0.15, 0.2) is 36.4 Å². The van der Waals surface area contributed by atoms with E-state index in [0.717, 1.165) is 48.1 Å². The van der Waals surface area contributed by atoms with Crippen molar-refractivity contribution in [3.63, 3.8) is 0 Å². The maximum atomic E-state index is 13.6. The van der Waals surface area contributed by atoms with Gasteiger partial charge in [-0.3, -0.25) is 0 Å². The van der Waals surface area contributed by atoms with Gasteiger partial charge in [0.25, 0.3) is 0 Å². The Bertz CT molecular complexity index is 957. The molecule has 6 heteroatoms. The zero-order chi connectivity index (χ0) is 22.9. The highest BCUT2D eigenvalue weighted by atomic mass is 19.1. The maximum Gasteiger partial charge on any atom is 0.169 e. The van der Waals surface area contributed by atoms with Crippen molar-refractivity contribution in [2.45, 2.75) is 45.3 Å². The lowest BCUT2D eigenvalue weighted by molar-refractivity contribution is -0.165. The van der Waals surface area contributed by atoms with Crippen molar-refractivity contribution in [3.8, 4) is 28.7 Å². The summed E-state index contributed by atoms with van der Waals surface area (Å²) in [6, 6.07) is 10.2. The molecule has 0 radical (unpaired) electrons. The molecule has 170 valence electrons. The Morgan fingerprint density at radius 1 is 1.22 bits per heavy atom. The third kappa shape index (κ3) is 5.87. The van der Waals surface area contributed by atoms with Gasteiger partial charge in [-0.05, 0) is 66.1 Å². The van der Waals surface area contributed by atoms with E-state index in [1.807, 2.05) is 6.07 Å². The molecule has 2 aromatic rings. The van der Waals surface area contributed by atoms with Gasteiger partial charge in [0.15, 0.2) is 17.8 Å². The van der Waals surface area contributed by atoms with Crippen molar-refractivity contribution in [2.24, 2.45) is 0 Å². The molecular weight excluding hydrogens is 409 g/mol. The number of rotatable bonds is 9. The van der Waals surface area contributed by atoms with Gasteiger partial charge in [-0.15, -0.1) is 0 Å². The van der Waals surface area contributed by atoms with Crippen LogP contribution in [0.25, 0.3) is 17.2 Å². The normalized spacial score (nSPS) is 16.3. The van der Waals surface area contributed by atoms with Crippen LogP contribution in [-0.4, -0.2) is 33.2 Å². The average molecular weight is 440 g/mol. The van der Waals surface area contributed by atoms with E-state index in [9.17, 15) is 4.39 Å². The van der Waals surface area contributed by atoms with Crippen LogP contribution in [0.4, 0.5) is 4.39 Å². The largest absolute Gasteiger partial charge is 0.492 e.